The molecular weight excluding hydrogens is 492 g/mol. The number of hydrogen-bond acceptors (Lipinski definition) is 3. The molecule has 0 aliphatic carbocycles. The molecule has 2 aromatic rings. The number of phenolic OH excluding ortho intramolecular Hbond substituents is 1. The van der Waals surface area contributed by atoms with Crippen molar-refractivity contribution in [1.82, 2.24) is 0 Å². The Morgan fingerprint density at radius 3 is 2.30 bits per heavy atom. The smallest absolute Gasteiger partial charge is 0.266 e. The lowest BCUT2D eigenvalue weighted by Gasteiger charge is -2.07. The number of aromatic hydroxyl groups is 1. The van der Waals surface area contributed by atoms with Crippen molar-refractivity contribution in [3.05, 3.63) is 61.0 Å². The average molecular weight is 501 g/mol. The van der Waals surface area contributed by atoms with Gasteiger partial charge in [-0.05, 0) is 83.7 Å². The lowest BCUT2D eigenvalue weighted by atomic mass is 10.1. The third-order valence-electron chi connectivity index (χ3n) is 2.84. The van der Waals surface area contributed by atoms with Crippen molar-refractivity contribution < 1.29 is 9.90 Å². The van der Waals surface area contributed by atoms with Gasteiger partial charge >= 0.3 is 0 Å². The van der Waals surface area contributed by atoms with Crippen LogP contribution in [0.3, 0.4) is 0 Å². The first-order chi connectivity index (χ1) is 10.9. The minimum atomic E-state index is -0.514. The van der Waals surface area contributed by atoms with Crippen LogP contribution < -0.4 is 5.32 Å². The molecule has 0 heterocycles. The highest BCUT2D eigenvalue weighted by Gasteiger charge is 2.12. The summed E-state index contributed by atoms with van der Waals surface area (Å²) < 4.78 is 1.64. The number of amides is 1. The number of benzene rings is 2. The molecule has 2 rings (SSSR count). The van der Waals surface area contributed by atoms with Crippen LogP contribution in [-0.2, 0) is 4.79 Å². The van der Waals surface area contributed by atoms with Crippen LogP contribution in [0.1, 0.15) is 5.56 Å². The molecule has 0 fully saturated rings. The molecule has 1 amide bonds. The van der Waals surface area contributed by atoms with Crippen LogP contribution in [-0.4, -0.2) is 11.0 Å². The van der Waals surface area contributed by atoms with E-state index in [0.717, 1.165) is 4.47 Å². The monoisotopic (exact) mass is 498 g/mol. The Labute approximate surface area is 158 Å². The molecule has 0 bridgehead atoms. The Kier molecular flexibility index (Phi) is 5.99. The fraction of sp³-hybridized carbons (Fsp3) is 0. The number of para-hydroxylation sites is 1. The number of anilines is 1. The Morgan fingerprint density at radius 2 is 1.74 bits per heavy atom. The van der Waals surface area contributed by atoms with Crippen molar-refractivity contribution >= 4 is 65.5 Å². The van der Waals surface area contributed by atoms with Crippen LogP contribution in [0, 0.1) is 11.3 Å². The van der Waals surface area contributed by atoms with Gasteiger partial charge < -0.3 is 10.4 Å². The van der Waals surface area contributed by atoms with E-state index in [1.807, 2.05) is 12.1 Å². The zero-order chi connectivity index (χ0) is 17.0. The summed E-state index contributed by atoms with van der Waals surface area (Å²) in [4.78, 5) is 12.2. The predicted octanol–water partition coefficient (Wildman–Crippen LogP) is 5.23. The summed E-state index contributed by atoms with van der Waals surface area (Å²) in [5.74, 6) is -0.460. The molecule has 0 atom stereocenters. The number of nitrogens with one attached hydrogen (secondary N) is 1. The second kappa shape index (κ2) is 7.77. The second-order valence-electron chi connectivity index (χ2n) is 4.44. The van der Waals surface area contributed by atoms with Crippen LogP contribution >= 0.6 is 47.8 Å². The molecule has 0 saturated heterocycles. The largest absolute Gasteiger partial charge is 0.506 e. The Bertz CT molecular complexity index is 818. The fourth-order valence-electron chi connectivity index (χ4n) is 1.74. The lowest BCUT2D eigenvalue weighted by molar-refractivity contribution is -0.112. The van der Waals surface area contributed by atoms with Gasteiger partial charge in [-0.3, -0.25) is 4.79 Å². The minimum Gasteiger partial charge on any atom is -0.506 e. The molecule has 0 saturated carbocycles. The van der Waals surface area contributed by atoms with Gasteiger partial charge in [0.25, 0.3) is 5.91 Å². The lowest BCUT2D eigenvalue weighted by Crippen LogP contribution is -2.13. The summed E-state index contributed by atoms with van der Waals surface area (Å²) >= 11 is 9.75. The maximum absolute atomic E-state index is 12.2. The molecule has 4 nitrogen and oxygen atoms in total. The predicted molar refractivity (Wildman–Crippen MR) is 99.9 cm³/mol. The van der Waals surface area contributed by atoms with Crippen molar-refractivity contribution in [3.8, 4) is 11.8 Å². The van der Waals surface area contributed by atoms with Gasteiger partial charge in [0.05, 0.1) is 14.6 Å². The molecule has 0 aromatic heterocycles. The van der Waals surface area contributed by atoms with Crippen LogP contribution in [0.2, 0.25) is 0 Å². The van der Waals surface area contributed by atoms with E-state index in [1.54, 1.807) is 30.3 Å². The van der Waals surface area contributed by atoms with Gasteiger partial charge in [-0.1, -0.05) is 12.1 Å². The summed E-state index contributed by atoms with van der Waals surface area (Å²) in [5.41, 5.74) is 1.12. The number of phenols is 1. The molecule has 0 aliphatic rings. The van der Waals surface area contributed by atoms with Crippen molar-refractivity contribution in [1.29, 1.82) is 5.26 Å². The van der Waals surface area contributed by atoms with E-state index in [4.69, 9.17) is 0 Å². The van der Waals surface area contributed by atoms with E-state index in [2.05, 4.69) is 53.1 Å². The molecule has 0 unspecified atom stereocenters. The summed E-state index contributed by atoms with van der Waals surface area (Å²) in [7, 11) is 0. The van der Waals surface area contributed by atoms with Crippen LogP contribution in [0.5, 0.6) is 5.75 Å². The number of rotatable bonds is 3. The van der Waals surface area contributed by atoms with E-state index >= 15 is 0 Å². The maximum atomic E-state index is 12.2. The normalized spacial score (nSPS) is 11.0. The number of nitriles is 1. The summed E-state index contributed by atoms with van der Waals surface area (Å²) in [5, 5.41) is 21.6. The second-order valence-corrected chi connectivity index (χ2v) is 7.00. The Balaban J connectivity index is 2.31. The number of carbonyl (C=O) groups excluding carboxylic acids is 1. The number of hydrogen-bond donors (Lipinski definition) is 2. The Hall–Kier alpha value is -1.62. The van der Waals surface area contributed by atoms with Gasteiger partial charge in [0.1, 0.15) is 17.4 Å². The summed E-state index contributed by atoms with van der Waals surface area (Å²) in [6.07, 6.45) is 1.45. The van der Waals surface area contributed by atoms with Gasteiger partial charge in [-0.2, -0.15) is 5.26 Å². The summed E-state index contributed by atoms with van der Waals surface area (Å²) in [6.45, 7) is 0. The number of nitrogens with zero attached hydrogens (tertiary/aromatic N) is 1. The third-order valence-corrected chi connectivity index (χ3v) is 4.74. The number of halogens is 3. The average Bonchev–Trinajstić information content (AvgIpc) is 2.52. The van der Waals surface area contributed by atoms with Crippen LogP contribution in [0.4, 0.5) is 5.69 Å². The van der Waals surface area contributed by atoms with Gasteiger partial charge in [-0.25, -0.2) is 0 Å². The van der Waals surface area contributed by atoms with Crippen molar-refractivity contribution in [3.63, 3.8) is 0 Å². The number of carbonyl (C=O) groups is 1. The highest BCUT2D eigenvalue weighted by Crippen LogP contribution is 2.34. The topological polar surface area (TPSA) is 73.1 Å². The summed E-state index contributed by atoms with van der Waals surface area (Å²) in [6, 6.07) is 12.2. The molecule has 23 heavy (non-hydrogen) atoms. The van der Waals surface area contributed by atoms with Crippen LogP contribution in [0.25, 0.3) is 6.08 Å². The van der Waals surface area contributed by atoms with Gasteiger partial charge in [0.15, 0.2) is 0 Å². The maximum Gasteiger partial charge on any atom is 0.266 e. The van der Waals surface area contributed by atoms with E-state index in [1.165, 1.54) is 6.08 Å². The van der Waals surface area contributed by atoms with Gasteiger partial charge in [-0.15, -0.1) is 0 Å². The quantitative estimate of drug-likeness (QED) is 0.448. The Morgan fingerprint density at radius 1 is 1.13 bits per heavy atom. The fourth-order valence-corrected chi connectivity index (χ4v) is 3.34. The van der Waals surface area contributed by atoms with Crippen molar-refractivity contribution in [2.45, 2.75) is 0 Å². The minimum absolute atomic E-state index is 0.0507. The van der Waals surface area contributed by atoms with Crippen molar-refractivity contribution in [2.24, 2.45) is 0 Å². The van der Waals surface area contributed by atoms with Gasteiger partial charge in [0.2, 0.25) is 0 Å². The van der Waals surface area contributed by atoms with E-state index < -0.39 is 5.91 Å². The van der Waals surface area contributed by atoms with E-state index in [-0.39, 0.29) is 11.3 Å². The molecule has 116 valence electrons. The SMILES string of the molecule is N#CC(=Cc1cc(Br)c(O)c(Br)c1)C(=O)Nc1ccccc1Br. The third kappa shape index (κ3) is 4.44. The van der Waals surface area contributed by atoms with Crippen molar-refractivity contribution in [2.75, 3.05) is 5.32 Å². The molecule has 0 radical (unpaired) electrons. The zero-order valence-electron chi connectivity index (χ0n) is 11.5. The molecule has 0 aliphatic heterocycles. The first-order valence-electron chi connectivity index (χ1n) is 6.28. The molecule has 2 N–H and O–H groups in total. The zero-order valence-corrected chi connectivity index (χ0v) is 16.2. The van der Waals surface area contributed by atoms with E-state index in [0.29, 0.717) is 20.2 Å². The molecule has 2 aromatic carbocycles. The molecule has 7 heteroatoms. The van der Waals surface area contributed by atoms with Crippen LogP contribution in [0.15, 0.2) is 55.4 Å². The standard InChI is InChI=1S/C16H9Br3N2O2/c17-11-3-1-2-4-14(11)21-16(23)10(8-20)5-9-6-12(18)15(22)13(19)7-9/h1-7,22H,(H,21,23). The highest BCUT2D eigenvalue weighted by atomic mass is 79.9. The van der Waals surface area contributed by atoms with E-state index in [9.17, 15) is 15.2 Å². The molecule has 0 spiro atoms. The highest BCUT2D eigenvalue weighted by molar-refractivity contribution is 9.11. The first-order valence-corrected chi connectivity index (χ1v) is 8.66. The van der Waals surface area contributed by atoms with Gasteiger partial charge in [0, 0.05) is 4.47 Å². The molecular formula is C16H9Br3N2O2. The first kappa shape index (κ1) is 17.7.